The monoisotopic (exact) mass is 401 g/mol. The highest BCUT2D eigenvalue weighted by Crippen LogP contribution is 2.26. The third kappa shape index (κ3) is 3.91. The van der Waals surface area contributed by atoms with Crippen LogP contribution in [0.1, 0.15) is 15.9 Å². The van der Waals surface area contributed by atoms with Crippen LogP contribution in [-0.2, 0) is 4.74 Å². The Morgan fingerprint density at radius 2 is 2.12 bits per heavy atom. The van der Waals surface area contributed by atoms with Gasteiger partial charge >= 0.3 is 6.09 Å². The number of methoxy groups -OCH3 is 1. The number of rotatable bonds is 5. The van der Waals surface area contributed by atoms with Crippen LogP contribution in [0.4, 0.5) is 10.5 Å². The average molecular weight is 402 g/mol. The van der Waals surface area contributed by atoms with Crippen molar-refractivity contribution in [2.45, 2.75) is 0 Å². The van der Waals surface area contributed by atoms with Gasteiger partial charge in [0.15, 0.2) is 5.78 Å². The molecule has 2 aromatic carbocycles. The summed E-state index contributed by atoms with van der Waals surface area (Å²) in [7, 11) is 1.60. The molecule has 128 valence electrons. The third-order valence-corrected chi connectivity index (χ3v) is 4.43. The molecule has 0 spiro atoms. The van der Waals surface area contributed by atoms with Gasteiger partial charge in [0.25, 0.3) is 0 Å². The first kappa shape index (κ1) is 17.2. The van der Waals surface area contributed by atoms with Gasteiger partial charge in [0.1, 0.15) is 12.4 Å². The largest absolute Gasteiger partial charge is 0.496 e. The average Bonchev–Trinajstić information content (AvgIpc) is 3.06. The molecule has 1 aliphatic heterocycles. The summed E-state index contributed by atoms with van der Waals surface area (Å²) in [5, 5.41) is 0. The number of amides is 1. The number of carbonyl (C=O) groups is 2. The van der Waals surface area contributed by atoms with Gasteiger partial charge in [-0.25, -0.2) is 4.79 Å². The lowest BCUT2D eigenvalue weighted by atomic mass is 10.1. The van der Waals surface area contributed by atoms with Gasteiger partial charge in [0, 0.05) is 11.3 Å². The molecule has 0 atom stereocenters. The molecule has 0 aromatic heterocycles. The van der Waals surface area contributed by atoms with Crippen molar-refractivity contribution in [3.8, 4) is 5.75 Å². The van der Waals surface area contributed by atoms with E-state index < -0.39 is 0 Å². The van der Waals surface area contributed by atoms with Gasteiger partial charge in [-0.1, -0.05) is 24.3 Å². The van der Waals surface area contributed by atoms with Gasteiger partial charge in [-0.05, 0) is 51.8 Å². The second-order valence-electron chi connectivity index (χ2n) is 5.41. The number of carbonyl (C=O) groups excluding carboxylic acids is 2. The minimum absolute atomic E-state index is 0.138. The predicted molar refractivity (Wildman–Crippen MR) is 99.2 cm³/mol. The summed E-state index contributed by atoms with van der Waals surface area (Å²) in [6.07, 6.45) is 2.86. The van der Waals surface area contributed by atoms with Crippen molar-refractivity contribution in [2.24, 2.45) is 0 Å². The van der Waals surface area contributed by atoms with Crippen LogP contribution in [-0.4, -0.2) is 32.1 Å². The summed E-state index contributed by atoms with van der Waals surface area (Å²) in [6.45, 7) is 0.857. The molecule has 0 radical (unpaired) electrons. The maximum absolute atomic E-state index is 12.4. The number of ketones is 1. The second-order valence-corrected chi connectivity index (χ2v) is 6.26. The van der Waals surface area contributed by atoms with Gasteiger partial charge < -0.3 is 9.47 Å². The normalized spacial score (nSPS) is 14.0. The van der Waals surface area contributed by atoms with Crippen LogP contribution in [0.5, 0.6) is 5.75 Å². The number of nitrogens with zero attached hydrogens (tertiary/aromatic N) is 1. The van der Waals surface area contributed by atoms with Crippen LogP contribution in [0.15, 0.2) is 53.0 Å². The van der Waals surface area contributed by atoms with Crippen LogP contribution in [0, 0.1) is 0 Å². The number of halogens is 1. The number of ether oxygens (including phenoxy) is 2. The van der Waals surface area contributed by atoms with Crippen molar-refractivity contribution in [1.29, 1.82) is 0 Å². The molecule has 6 heteroatoms. The Labute approximate surface area is 154 Å². The standard InChI is InChI=1S/C19H16BrNO4/c1-24-18-8-6-13(11-16(18)20)5-7-17(22)14-3-2-4-15(12-14)21-9-10-25-19(21)23/h2-8,11-12H,9-10H2,1H3/b7-5+. The highest BCUT2D eigenvalue weighted by atomic mass is 79.9. The summed E-state index contributed by atoms with van der Waals surface area (Å²) in [4.78, 5) is 25.6. The molecule has 0 unspecified atom stereocenters. The minimum atomic E-state index is -0.386. The fourth-order valence-corrected chi connectivity index (χ4v) is 3.07. The molecule has 0 bridgehead atoms. The molecule has 0 saturated carbocycles. The molecular weight excluding hydrogens is 386 g/mol. The van der Waals surface area contributed by atoms with Crippen molar-refractivity contribution in [2.75, 3.05) is 25.2 Å². The first-order chi connectivity index (χ1) is 12.1. The fraction of sp³-hybridized carbons (Fsp3) is 0.158. The van der Waals surface area contributed by atoms with Crippen LogP contribution in [0.2, 0.25) is 0 Å². The molecule has 1 fully saturated rings. The van der Waals surface area contributed by atoms with Gasteiger partial charge in [-0.2, -0.15) is 0 Å². The number of anilines is 1. The molecule has 5 nitrogen and oxygen atoms in total. The maximum atomic E-state index is 12.4. The van der Waals surface area contributed by atoms with Crippen LogP contribution in [0.3, 0.4) is 0 Å². The lowest BCUT2D eigenvalue weighted by Gasteiger charge is -2.13. The Hall–Kier alpha value is -2.60. The van der Waals surface area contributed by atoms with Crippen LogP contribution >= 0.6 is 15.9 Å². The zero-order valence-electron chi connectivity index (χ0n) is 13.6. The Bertz CT molecular complexity index is 847. The van der Waals surface area contributed by atoms with Crippen molar-refractivity contribution in [3.05, 3.63) is 64.1 Å². The van der Waals surface area contributed by atoms with E-state index in [9.17, 15) is 9.59 Å². The Kier molecular flexibility index (Phi) is 5.19. The van der Waals surface area contributed by atoms with Gasteiger partial charge in [-0.15, -0.1) is 0 Å². The van der Waals surface area contributed by atoms with E-state index in [1.807, 2.05) is 18.2 Å². The Morgan fingerprint density at radius 1 is 1.28 bits per heavy atom. The van der Waals surface area contributed by atoms with E-state index >= 15 is 0 Å². The molecule has 0 N–H and O–H groups in total. The molecule has 2 aromatic rings. The first-order valence-electron chi connectivity index (χ1n) is 7.69. The first-order valence-corrected chi connectivity index (χ1v) is 8.48. The zero-order chi connectivity index (χ0) is 17.8. The molecule has 1 heterocycles. The lowest BCUT2D eigenvalue weighted by molar-refractivity contribution is 0.104. The van der Waals surface area contributed by atoms with Crippen LogP contribution < -0.4 is 9.64 Å². The molecule has 25 heavy (non-hydrogen) atoms. The Balaban J connectivity index is 1.77. The fourth-order valence-electron chi connectivity index (χ4n) is 2.51. The minimum Gasteiger partial charge on any atom is -0.496 e. The van der Waals surface area contributed by atoms with E-state index in [0.29, 0.717) is 24.4 Å². The van der Waals surface area contributed by atoms with E-state index in [0.717, 1.165) is 15.8 Å². The van der Waals surface area contributed by atoms with E-state index in [1.54, 1.807) is 37.5 Å². The molecule has 1 saturated heterocycles. The highest BCUT2D eigenvalue weighted by molar-refractivity contribution is 9.10. The molecule has 1 amide bonds. The van der Waals surface area contributed by atoms with E-state index in [2.05, 4.69) is 15.9 Å². The number of allylic oxidation sites excluding steroid dienone is 1. The topological polar surface area (TPSA) is 55.8 Å². The van der Waals surface area contributed by atoms with Gasteiger partial charge in [0.2, 0.25) is 0 Å². The lowest BCUT2D eigenvalue weighted by Crippen LogP contribution is -2.23. The number of benzene rings is 2. The predicted octanol–water partition coefficient (Wildman–Crippen LogP) is 4.31. The summed E-state index contributed by atoms with van der Waals surface area (Å²) in [6, 6.07) is 12.5. The summed E-state index contributed by atoms with van der Waals surface area (Å²) < 4.78 is 10.9. The van der Waals surface area contributed by atoms with E-state index in [1.165, 1.54) is 11.0 Å². The highest BCUT2D eigenvalue weighted by Gasteiger charge is 2.23. The van der Waals surface area contributed by atoms with Gasteiger partial charge in [0.05, 0.1) is 18.1 Å². The van der Waals surface area contributed by atoms with Crippen molar-refractivity contribution < 1.29 is 19.1 Å². The van der Waals surface area contributed by atoms with Crippen LogP contribution in [0.25, 0.3) is 6.08 Å². The quantitative estimate of drug-likeness (QED) is 0.553. The maximum Gasteiger partial charge on any atom is 0.414 e. The zero-order valence-corrected chi connectivity index (χ0v) is 15.2. The third-order valence-electron chi connectivity index (χ3n) is 3.81. The SMILES string of the molecule is COc1ccc(/C=C/C(=O)c2cccc(N3CCOC3=O)c2)cc1Br. The van der Waals surface area contributed by atoms with E-state index in [-0.39, 0.29) is 11.9 Å². The van der Waals surface area contributed by atoms with E-state index in [4.69, 9.17) is 9.47 Å². The van der Waals surface area contributed by atoms with Gasteiger partial charge in [-0.3, -0.25) is 9.69 Å². The number of cyclic esters (lactones) is 1. The summed E-state index contributed by atoms with van der Waals surface area (Å²) in [5.41, 5.74) is 2.05. The smallest absolute Gasteiger partial charge is 0.414 e. The Morgan fingerprint density at radius 3 is 2.80 bits per heavy atom. The van der Waals surface area contributed by atoms with Crippen molar-refractivity contribution in [1.82, 2.24) is 0 Å². The molecule has 1 aliphatic rings. The summed E-state index contributed by atoms with van der Waals surface area (Å²) in [5.74, 6) is 0.593. The summed E-state index contributed by atoms with van der Waals surface area (Å²) >= 11 is 3.42. The number of hydrogen-bond acceptors (Lipinski definition) is 4. The van der Waals surface area contributed by atoms with Crippen molar-refractivity contribution in [3.63, 3.8) is 0 Å². The van der Waals surface area contributed by atoms with Crippen molar-refractivity contribution >= 4 is 39.6 Å². The molecular formula is C19H16BrNO4. The molecule has 3 rings (SSSR count). The number of hydrogen-bond donors (Lipinski definition) is 0. The second kappa shape index (κ2) is 7.53. The molecule has 0 aliphatic carbocycles.